The molecule has 7 heteroatoms. The molecule has 0 aliphatic rings. The van der Waals surface area contributed by atoms with Gasteiger partial charge in [0, 0.05) is 16.8 Å². The van der Waals surface area contributed by atoms with E-state index in [1.54, 1.807) is 11.3 Å². The zero-order valence-electron chi connectivity index (χ0n) is 8.14. The van der Waals surface area contributed by atoms with Gasteiger partial charge in [-0.3, -0.25) is 0 Å². The summed E-state index contributed by atoms with van der Waals surface area (Å²) in [6.45, 7) is 2.27. The Morgan fingerprint density at radius 3 is 3.00 bits per heavy atom. The normalized spacial score (nSPS) is 10.8. The van der Waals surface area contributed by atoms with Gasteiger partial charge in [0.05, 0.1) is 11.6 Å². The van der Waals surface area contributed by atoms with Gasteiger partial charge in [-0.15, -0.1) is 21.5 Å². The van der Waals surface area contributed by atoms with Crippen LogP contribution < -0.4 is 5.73 Å². The summed E-state index contributed by atoms with van der Waals surface area (Å²) in [4.78, 5) is 5.37. The van der Waals surface area contributed by atoms with Crippen molar-refractivity contribution in [2.75, 3.05) is 0 Å². The van der Waals surface area contributed by atoms with Gasteiger partial charge in [0.2, 0.25) is 5.89 Å². The van der Waals surface area contributed by atoms with E-state index in [9.17, 15) is 0 Å². The first-order chi connectivity index (χ1) is 7.28. The first-order valence-corrected chi connectivity index (χ1v) is 6.14. The summed E-state index contributed by atoms with van der Waals surface area (Å²) in [6, 6.07) is 0. The summed E-state index contributed by atoms with van der Waals surface area (Å²) < 4.78 is 5.26. The highest BCUT2D eigenvalue weighted by Crippen LogP contribution is 2.24. The van der Waals surface area contributed by atoms with Crippen molar-refractivity contribution in [2.24, 2.45) is 5.73 Å². The Hall–Kier alpha value is -0.920. The van der Waals surface area contributed by atoms with Crippen LogP contribution in [0.1, 0.15) is 15.8 Å². The Labute approximate surface area is 95.1 Å². The molecule has 0 fully saturated rings. The number of rotatable bonds is 4. The Balaban J connectivity index is 1.93. The van der Waals surface area contributed by atoms with Crippen LogP contribution in [-0.2, 0) is 12.3 Å². The lowest BCUT2D eigenvalue weighted by Crippen LogP contribution is -1.95. The van der Waals surface area contributed by atoms with Crippen molar-refractivity contribution in [3.63, 3.8) is 0 Å². The van der Waals surface area contributed by atoms with Crippen LogP contribution >= 0.6 is 23.1 Å². The quantitative estimate of drug-likeness (QED) is 0.820. The largest absolute Gasteiger partial charge is 0.415 e. The number of aryl methyl sites for hydroxylation is 1. The third-order valence-electron chi connectivity index (χ3n) is 1.63. The number of nitrogens with zero attached hydrogens (tertiary/aromatic N) is 3. The fraction of sp³-hybridized carbons (Fsp3) is 0.375. The van der Waals surface area contributed by atoms with Crippen LogP contribution in [0.3, 0.4) is 0 Å². The van der Waals surface area contributed by atoms with Crippen molar-refractivity contribution in [3.8, 4) is 0 Å². The molecule has 0 saturated carbocycles. The fourth-order valence-electron chi connectivity index (χ4n) is 0.984. The van der Waals surface area contributed by atoms with Gasteiger partial charge in [0.25, 0.3) is 5.22 Å². The van der Waals surface area contributed by atoms with Crippen LogP contribution in [0.4, 0.5) is 0 Å². The Morgan fingerprint density at radius 2 is 2.40 bits per heavy atom. The van der Waals surface area contributed by atoms with Gasteiger partial charge in [-0.25, -0.2) is 4.98 Å². The smallest absolute Gasteiger partial charge is 0.276 e. The highest BCUT2D eigenvalue weighted by Gasteiger charge is 2.06. The molecule has 2 heterocycles. The molecule has 80 valence electrons. The van der Waals surface area contributed by atoms with Gasteiger partial charge in [0.1, 0.15) is 0 Å². The molecule has 0 atom stereocenters. The molecule has 0 aliphatic carbocycles. The molecular weight excluding hydrogens is 232 g/mol. The number of aromatic nitrogens is 3. The molecule has 0 aliphatic heterocycles. The molecule has 2 aromatic heterocycles. The first-order valence-electron chi connectivity index (χ1n) is 4.34. The predicted molar refractivity (Wildman–Crippen MR) is 58.6 cm³/mol. The summed E-state index contributed by atoms with van der Waals surface area (Å²) in [7, 11) is 0. The molecule has 0 unspecified atom stereocenters. The van der Waals surface area contributed by atoms with E-state index in [1.165, 1.54) is 16.6 Å². The third-order valence-corrected chi connectivity index (χ3v) is 3.59. The maximum absolute atomic E-state index is 5.36. The Bertz CT molecular complexity index is 439. The highest BCUT2D eigenvalue weighted by molar-refractivity contribution is 7.98. The second-order valence-electron chi connectivity index (χ2n) is 2.80. The minimum Gasteiger partial charge on any atom is -0.415 e. The molecule has 2 aromatic rings. The SMILES string of the molecule is Cc1ncc(CSc2nnc(CN)o2)s1. The van der Waals surface area contributed by atoms with Crippen molar-refractivity contribution < 1.29 is 4.42 Å². The number of thiazole rings is 1. The standard InChI is InChI=1S/C8H10N4OS2/c1-5-10-3-6(15-5)4-14-8-12-11-7(2-9)13-8/h3H,2,4,9H2,1H3. The van der Waals surface area contributed by atoms with E-state index in [0.29, 0.717) is 11.1 Å². The summed E-state index contributed by atoms with van der Waals surface area (Å²) in [6.07, 6.45) is 1.87. The average molecular weight is 242 g/mol. The molecule has 0 amide bonds. The molecule has 2 N–H and O–H groups in total. The monoisotopic (exact) mass is 242 g/mol. The summed E-state index contributed by atoms with van der Waals surface area (Å²) >= 11 is 3.17. The van der Waals surface area contributed by atoms with Gasteiger partial charge in [-0.1, -0.05) is 11.8 Å². The van der Waals surface area contributed by atoms with Crippen LogP contribution in [0.2, 0.25) is 0 Å². The van der Waals surface area contributed by atoms with Gasteiger partial charge < -0.3 is 10.2 Å². The van der Waals surface area contributed by atoms with E-state index in [0.717, 1.165) is 10.8 Å². The molecule has 5 nitrogen and oxygen atoms in total. The minimum atomic E-state index is 0.285. The van der Waals surface area contributed by atoms with Crippen molar-refractivity contribution >= 4 is 23.1 Å². The van der Waals surface area contributed by atoms with E-state index in [4.69, 9.17) is 10.2 Å². The maximum atomic E-state index is 5.36. The van der Waals surface area contributed by atoms with E-state index in [1.807, 2.05) is 13.1 Å². The lowest BCUT2D eigenvalue weighted by Gasteiger charge is -1.90. The fourth-order valence-corrected chi connectivity index (χ4v) is 2.58. The topological polar surface area (TPSA) is 77.8 Å². The average Bonchev–Trinajstić information content (AvgIpc) is 2.83. The Kier molecular flexibility index (Phi) is 3.34. The van der Waals surface area contributed by atoms with Crippen molar-refractivity contribution in [1.29, 1.82) is 0 Å². The first kappa shape index (κ1) is 10.6. The molecule has 0 bridgehead atoms. The highest BCUT2D eigenvalue weighted by atomic mass is 32.2. The second-order valence-corrected chi connectivity index (χ2v) is 5.05. The lowest BCUT2D eigenvalue weighted by atomic mass is 10.6. The van der Waals surface area contributed by atoms with E-state index < -0.39 is 0 Å². The van der Waals surface area contributed by atoms with Crippen molar-refractivity contribution in [2.45, 2.75) is 24.4 Å². The molecule has 0 saturated heterocycles. The van der Waals surface area contributed by atoms with E-state index >= 15 is 0 Å². The third kappa shape index (κ3) is 2.77. The molecular formula is C8H10N4OS2. The van der Waals surface area contributed by atoms with Gasteiger partial charge >= 0.3 is 0 Å². The molecule has 0 spiro atoms. The molecule has 0 radical (unpaired) electrons. The maximum Gasteiger partial charge on any atom is 0.276 e. The Morgan fingerprint density at radius 1 is 1.53 bits per heavy atom. The van der Waals surface area contributed by atoms with Gasteiger partial charge in [0.15, 0.2) is 0 Å². The van der Waals surface area contributed by atoms with Crippen molar-refractivity contribution in [1.82, 2.24) is 15.2 Å². The van der Waals surface area contributed by atoms with Gasteiger partial charge in [-0.2, -0.15) is 0 Å². The molecule has 2 rings (SSSR count). The number of hydrogen-bond acceptors (Lipinski definition) is 7. The number of thioether (sulfide) groups is 1. The lowest BCUT2D eigenvalue weighted by molar-refractivity contribution is 0.415. The summed E-state index contributed by atoms with van der Waals surface area (Å²) in [5.41, 5.74) is 5.36. The zero-order chi connectivity index (χ0) is 10.7. The minimum absolute atomic E-state index is 0.285. The van der Waals surface area contributed by atoms with Crippen LogP contribution in [-0.4, -0.2) is 15.2 Å². The van der Waals surface area contributed by atoms with Crippen molar-refractivity contribution in [3.05, 3.63) is 22.0 Å². The molecule has 15 heavy (non-hydrogen) atoms. The van der Waals surface area contributed by atoms with E-state index in [-0.39, 0.29) is 6.54 Å². The van der Waals surface area contributed by atoms with Crippen LogP contribution in [0.15, 0.2) is 15.8 Å². The van der Waals surface area contributed by atoms with E-state index in [2.05, 4.69) is 15.2 Å². The molecule has 0 aromatic carbocycles. The second kappa shape index (κ2) is 4.73. The predicted octanol–water partition coefficient (Wildman–Crippen LogP) is 1.59. The zero-order valence-corrected chi connectivity index (χ0v) is 9.77. The van der Waals surface area contributed by atoms with Crippen LogP contribution in [0.25, 0.3) is 0 Å². The van der Waals surface area contributed by atoms with Gasteiger partial charge in [-0.05, 0) is 6.92 Å². The number of hydrogen-bond donors (Lipinski definition) is 1. The summed E-state index contributed by atoms with van der Waals surface area (Å²) in [5.74, 6) is 1.27. The van der Waals surface area contributed by atoms with Crippen LogP contribution in [0.5, 0.6) is 0 Å². The summed E-state index contributed by atoms with van der Waals surface area (Å²) in [5, 5.41) is 9.26. The van der Waals surface area contributed by atoms with Crippen LogP contribution in [0, 0.1) is 6.92 Å². The number of nitrogens with two attached hydrogens (primary N) is 1.